The van der Waals surface area contributed by atoms with Crippen molar-refractivity contribution >= 4 is 22.9 Å². The standard InChI is InChI=1S/C22H20N8OS/c1-13-4-6-16(9-23-13)10-25-22(31)17-8-18(30-15(3)26-27-28-30)21-24-11-19(29(21)12-17)20-7-5-14(2)32-20/h4-9,11-12H,10H2,1-3H3,(H,25,31). The van der Waals surface area contributed by atoms with Gasteiger partial charge in [-0.25, -0.2) is 4.98 Å². The summed E-state index contributed by atoms with van der Waals surface area (Å²) in [6.07, 6.45) is 5.38. The summed E-state index contributed by atoms with van der Waals surface area (Å²) < 4.78 is 3.51. The summed E-state index contributed by atoms with van der Waals surface area (Å²) in [6.45, 7) is 6.17. The molecule has 0 spiro atoms. The lowest BCUT2D eigenvalue weighted by Crippen LogP contribution is -2.23. The Morgan fingerprint density at radius 3 is 2.66 bits per heavy atom. The molecule has 1 N–H and O–H groups in total. The molecule has 0 saturated heterocycles. The van der Waals surface area contributed by atoms with Crippen molar-refractivity contribution in [3.05, 3.63) is 76.4 Å². The predicted molar refractivity (Wildman–Crippen MR) is 121 cm³/mol. The number of nitrogens with zero attached hydrogens (tertiary/aromatic N) is 7. The van der Waals surface area contributed by atoms with Crippen LogP contribution < -0.4 is 5.32 Å². The van der Waals surface area contributed by atoms with Crippen molar-refractivity contribution in [1.29, 1.82) is 0 Å². The topological polar surface area (TPSA) is 103 Å². The van der Waals surface area contributed by atoms with Gasteiger partial charge in [0.15, 0.2) is 11.5 Å². The lowest BCUT2D eigenvalue weighted by molar-refractivity contribution is 0.0950. The fraction of sp³-hybridized carbons (Fsp3) is 0.182. The van der Waals surface area contributed by atoms with E-state index < -0.39 is 0 Å². The quantitative estimate of drug-likeness (QED) is 0.446. The van der Waals surface area contributed by atoms with Crippen molar-refractivity contribution in [3.8, 4) is 16.3 Å². The Bertz CT molecular complexity index is 1430. The van der Waals surface area contributed by atoms with Crippen LogP contribution in [0.5, 0.6) is 0 Å². The van der Waals surface area contributed by atoms with E-state index in [4.69, 9.17) is 0 Å². The molecule has 0 aliphatic carbocycles. The zero-order valence-corrected chi connectivity index (χ0v) is 18.6. The molecule has 0 radical (unpaired) electrons. The highest BCUT2D eigenvalue weighted by molar-refractivity contribution is 7.15. The normalized spacial score (nSPS) is 11.2. The molecule has 5 rings (SSSR count). The predicted octanol–water partition coefficient (Wildman–Crippen LogP) is 3.29. The lowest BCUT2D eigenvalue weighted by Gasteiger charge is -2.11. The van der Waals surface area contributed by atoms with Gasteiger partial charge >= 0.3 is 0 Å². The number of tetrazole rings is 1. The minimum absolute atomic E-state index is 0.207. The smallest absolute Gasteiger partial charge is 0.253 e. The molecule has 5 heterocycles. The van der Waals surface area contributed by atoms with Gasteiger partial charge in [-0.2, -0.15) is 4.68 Å². The third-order valence-corrected chi connectivity index (χ3v) is 6.14. The summed E-state index contributed by atoms with van der Waals surface area (Å²) in [4.78, 5) is 24.3. The Kier molecular flexibility index (Phi) is 4.98. The highest BCUT2D eigenvalue weighted by atomic mass is 32.1. The largest absolute Gasteiger partial charge is 0.348 e. The van der Waals surface area contributed by atoms with Gasteiger partial charge in [0.2, 0.25) is 0 Å². The second kappa shape index (κ2) is 7.97. The number of imidazole rings is 1. The molecule has 9 nitrogen and oxygen atoms in total. The zero-order valence-electron chi connectivity index (χ0n) is 17.8. The van der Waals surface area contributed by atoms with Crippen LogP contribution in [0, 0.1) is 20.8 Å². The molecular formula is C22H20N8OS. The van der Waals surface area contributed by atoms with Gasteiger partial charge in [-0.1, -0.05) is 6.07 Å². The van der Waals surface area contributed by atoms with Gasteiger partial charge in [-0.05, 0) is 61.0 Å². The average Bonchev–Trinajstić information content (AvgIpc) is 3.52. The summed E-state index contributed by atoms with van der Waals surface area (Å²) in [5.41, 5.74) is 4.55. The summed E-state index contributed by atoms with van der Waals surface area (Å²) in [7, 11) is 0. The van der Waals surface area contributed by atoms with Gasteiger partial charge < -0.3 is 5.32 Å². The van der Waals surface area contributed by atoms with Crippen LogP contribution in [0.15, 0.2) is 48.9 Å². The van der Waals surface area contributed by atoms with Gasteiger partial charge in [-0.15, -0.1) is 16.4 Å². The zero-order chi connectivity index (χ0) is 22.2. The van der Waals surface area contributed by atoms with Crippen molar-refractivity contribution in [1.82, 2.24) is 39.9 Å². The van der Waals surface area contributed by atoms with Crippen LogP contribution in [0.4, 0.5) is 0 Å². The SMILES string of the molecule is Cc1ccc(CNC(=O)c2cc(-n3nnnc3C)c3ncc(-c4ccc(C)s4)n3c2)cn1. The molecule has 32 heavy (non-hydrogen) atoms. The number of hydrogen-bond acceptors (Lipinski definition) is 7. The number of carbonyl (C=O) groups is 1. The molecule has 10 heteroatoms. The Morgan fingerprint density at radius 2 is 1.97 bits per heavy atom. The number of aryl methyl sites for hydroxylation is 3. The molecule has 0 fully saturated rings. The monoisotopic (exact) mass is 444 g/mol. The van der Waals surface area contributed by atoms with Crippen molar-refractivity contribution < 1.29 is 4.79 Å². The number of thiophene rings is 1. The van der Waals surface area contributed by atoms with Gasteiger partial charge in [0, 0.05) is 29.5 Å². The van der Waals surface area contributed by atoms with Gasteiger partial charge in [0.25, 0.3) is 5.91 Å². The first-order valence-electron chi connectivity index (χ1n) is 10.0. The van der Waals surface area contributed by atoms with E-state index in [9.17, 15) is 4.79 Å². The first kappa shape index (κ1) is 20.0. The van der Waals surface area contributed by atoms with E-state index in [0.29, 0.717) is 29.3 Å². The van der Waals surface area contributed by atoms with Crippen LogP contribution in [0.2, 0.25) is 0 Å². The maximum atomic E-state index is 13.1. The highest BCUT2D eigenvalue weighted by Gasteiger charge is 2.18. The minimum atomic E-state index is -0.207. The number of aromatic nitrogens is 7. The number of carbonyl (C=O) groups excluding carboxylic acids is 1. The molecule has 160 valence electrons. The molecule has 0 bridgehead atoms. The average molecular weight is 445 g/mol. The lowest BCUT2D eigenvalue weighted by atomic mass is 10.2. The van der Waals surface area contributed by atoms with Crippen molar-refractivity contribution in [2.24, 2.45) is 0 Å². The summed E-state index contributed by atoms with van der Waals surface area (Å²) in [5.74, 6) is 0.396. The van der Waals surface area contributed by atoms with E-state index in [0.717, 1.165) is 21.8 Å². The van der Waals surface area contributed by atoms with E-state index in [2.05, 4.69) is 49.9 Å². The highest BCUT2D eigenvalue weighted by Crippen LogP contribution is 2.30. The van der Waals surface area contributed by atoms with E-state index in [1.807, 2.05) is 29.7 Å². The van der Waals surface area contributed by atoms with Gasteiger partial charge in [0.05, 0.1) is 22.3 Å². The Morgan fingerprint density at radius 1 is 1.09 bits per heavy atom. The van der Waals surface area contributed by atoms with E-state index in [1.165, 1.54) is 4.88 Å². The van der Waals surface area contributed by atoms with Crippen LogP contribution in [-0.4, -0.2) is 40.5 Å². The fourth-order valence-corrected chi connectivity index (χ4v) is 4.32. The molecule has 5 aromatic heterocycles. The van der Waals surface area contributed by atoms with Crippen LogP contribution in [0.1, 0.15) is 32.3 Å². The molecule has 0 aromatic carbocycles. The van der Waals surface area contributed by atoms with E-state index in [-0.39, 0.29) is 5.91 Å². The Hall–Kier alpha value is -3.92. The second-order valence-corrected chi connectivity index (χ2v) is 8.78. The number of pyridine rings is 2. The number of hydrogen-bond donors (Lipinski definition) is 1. The van der Waals surface area contributed by atoms with Crippen molar-refractivity contribution in [3.63, 3.8) is 0 Å². The van der Waals surface area contributed by atoms with Crippen LogP contribution in [0.3, 0.4) is 0 Å². The molecule has 0 unspecified atom stereocenters. The van der Waals surface area contributed by atoms with Crippen molar-refractivity contribution in [2.75, 3.05) is 0 Å². The molecule has 1 amide bonds. The summed E-state index contributed by atoms with van der Waals surface area (Å²) in [5, 5.41) is 14.8. The molecular weight excluding hydrogens is 424 g/mol. The second-order valence-electron chi connectivity index (χ2n) is 7.49. The van der Waals surface area contributed by atoms with Gasteiger partial charge in [-0.3, -0.25) is 14.2 Å². The first-order valence-corrected chi connectivity index (χ1v) is 10.8. The summed E-state index contributed by atoms with van der Waals surface area (Å²) in [6, 6.07) is 9.76. The first-order chi connectivity index (χ1) is 15.5. The number of nitrogens with one attached hydrogen (secondary N) is 1. The van der Waals surface area contributed by atoms with E-state index >= 15 is 0 Å². The fourth-order valence-electron chi connectivity index (χ4n) is 3.45. The molecule has 0 atom stereocenters. The molecule has 0 aliphatic heterocycles. The third kappa shape index (κ3) is 3.65. The molecule has 0 aliphatic rings. The number of fused-ring (bicyclic) bond motifs is 1. The van der Waals surface area contributed by atoms with Crippen LogP contribution in [0.25, 0.3) is 21.9 Å². The number of amides is 1. The maximum absolute atomic E-state index is 13.1. The molecule has 5 aromatic rings. The van der Waals surface area contributed by atoms with E-state index in [1.54, 1.807) is 41.4 Å². The van der Waals surface area contributed by atoms with Crippen LogP contribution in [-0.2, 0) is 6.54 Å². The Balaban J connectivity index is 1.58. The number of rotatable bonds is 5. The van der Waals surface area contributed by atoms with Crippen molar-refractivity contribution in [2.45, 2.75) is 27.3 Å². The molecule has 0 saturated carbocycles. The van der Waals surface area contributed by atoms with Gasteiger partial charge in [0.1, 0.15) is 5.69 Å². The third-order valence-electron chi connectivity index (χ3n) is 5.12. The minimum Gasteiger partial charge on any atom is -0.348 e. The van der Waals surface area contributed by atoms with Crippen LogP contribution >= 0.6 is 11.3 Å². The maximum Gasteiger partial charge on any atom is 0.253 e. The summed E-state index contributed by atoms with van der Waals surface area (Å²) >= 11 is 1.67. The Labute approximate surface area is 187 Å².